The average molecular weight is 568 g/mol. The van der Waals surface area contributed by atoms with Crippen LogP contribution >= 0.6 is 11.8 Å². The number of nitrogens with one attached hydrogen (secondary N) is 1. The molecule has 1 aromatic carbocycles. The lowest BCUT2D eigenvalue weighted by Crippen LogP contribution is -2.44. The SMILES string of the molecule is CCNC(=O)C#Cc1ccc2c(c1)[C@@H](N)C1(CCN(c3cnc(Sc4cccnc4C(F)(F)F)c(N)n3)CC1)C2. The number of hydrogen-bond donors (Lipinski definition) is 3. The highest BCUT2D eigenvalue weighted by molar-refractivity contribution is 7.99. The minimum Gasteiger partial charge on any atom is -0.381 e. The summed E-state index contributed by atoms with van der Waals surface area (Å²) >= 11 is 0.792. The van der Waals surface area contributed by atoms with Crippen molar-refractivity contribution in [1.29, 1.82) is 0 Å². The molecule has 2 aliphatic rings. The molecule has 1 aliphatic carbocycles. The van der Waals surface area contributed by atoms with Crippen LogP contribution in [-0.2, 0) is 17.4 Å². The second kappa shape index (κ2) is 11.0. The Hall–Kier alpha value is -3.82. The van der Waals surface area contributed by atoms with Crippen LogP contribution in [0.15, 0.2) is 52.6 Å². The van der Waals surface area contributed by atoms with Crippen LogP contribution in [0, 0.1) is 17.3 Å². The van der Waals surface area contributed by atoms with Crippen molar-refractivity contribution < 1.29 is 18.0 Å². The number of fused-ring (bicyclic) bond motifs is 1. The average Bonchev–Trinajstić information content (AvgIpc) is 3.19. The van der Waals surface area contributed by atoms with Crippen LogP contribution in [0.1, 0.15) is 48.2 Å². The van der Waals surface area contributed by atoms with Crippen molar-refractivity contribution in [2.75, 3.05) is 30.3 Å². The number of halogens is 3. The maximum Gasteiger partial charge on any atom is 0.434 e. The lowest BCUT2D eigenvalue weighted by Gasteiger charge is -2.42. The van der Waals surface area contributed by atoms with Gasteiger partial charge in [-0.2, -0.15) is 13.2 Å². The highest BCUT2D eigenvalue weighted by Crippen LogP contribution is 2.51. The van der Waals surface area contributed by atoms with Crippen LogP contribution in [0.5, 0.6) is 0 Å². The van der Waals surface area contributed by atoms with Crippen LogP contribution in [0.25, 0.3) is 0 Å². The normalized spacial score (nSPS) is 17.7. The molecule has 1 fully saturated rings. The molecule has 3 heterocycles. The van der Waals surface area contributed by atoms with E-state index in [9.17, 15) is 18.0 Å². The zero-order chi connectivity index (χ0) is 28.5. The van der Waals surface area contributed by atoms with Crippen molar-refractivity contribution >= 4 is 29.3 Å². The molecule has 0 radical (unpaired) electrons. The molecule has 40 heavy (non-hydrogen) atoms. The van der Waals surface area contributed by atoms with Gasteiger partial charge in [-0.05, 0) is 67.0 Å². The third-order valence-corrected chi connectivity index (χ3v) is 8.48. The number of carbonyl (C=O) groups excluding carboxylic acids is 1. The van der Waals surface area contributed by atoms with Crippen molar-refractivity contribution in [3.05, 3.63) is 65.1 Å². The molecule has 0 bridgehead atoms. The van der Waals surface area contributed by atoms with E-state index in [4.69, 9.17) is 11.5 Å². The number of pyridine rings is 1. The standard InChI is InChI=1S/C28H28F3N7OS/c1-2-34-22(39)8-6-17-5-7-18-15-27(23(32)19(18)14-17)9-12-38(13-10-27)21-16-36-26(25(33)37-21)40-20-4-3-11-35-24(20)28(29,30)31/h3-5,7,11,14,16,23H,2,9-10,12-13,15,32H2,1H3,(H2,33,37)(H,34,39)/t23-/m1/s1. The molecule has 1 saturated heterocycles. The first kappa shape index (κ1) is 27.7. The summed E-state index contributed by atoms with van der Waals surface area (Å²) in [5.74, 6) is 5.85. The van der Waals surface area contributed by atoms with Crippen LogP contribution < -0.4 is 21.7 Å². The highest BCUT2D eigenvalue weighted by atomic mass is 32.2. The van der Waals surface area contributed by atoms with Crippen LogP contribution in [0.3, 0.4) is 0 Å². The summed E-state index contributed by atoms with van der Waals surface area (Å²) in [7, 11) is 0. The molecule has 0 saturated carbocycles. The van der Waals surface area contributed by atoms with E-state index in [0.717, 1.165) is 48.3 Å². The van der Waals surface area contributed by atoms with Gasteiger partial charge in [-0.15, -0.1) is 0 Å². The number of rotatable bonds is 4. The zero-order valence-corrected chi connectivity index (χ0v) is 22.6. The molecule has 1 spiro atoms. The lowest BCUT2D eigenvalue weighted by atomic mass is 9.73. The van der Waals surface area contributed by atoms with Gasteiger partial charge in [-0.3, -0.25) is 9.78 Å². The maximum absolute atomic E-state index is 13.3. The summed E-state index contributed by atoms with van der Waals surface area (Å²) in [5, 5.41) is 2.85. The number of nitrogens with two attached hydrogens (primary N) is 2. The van der Waals surface area contributed by atoms with E-state index in [2.05, 4.69) is 37.0 Å². The second-order valence-electron chi connectivity index (χ2n) is 9.90. The van der Waals surface area contributed by atoms with E-state index >= 15 is 0 Å². The summed E-state index contributed by atoms with van der Waals surface area (Å²) in [6, 6.07) is 8.57. The molecule has 3 aromatic rings. The summed E-state index contributed by atoms with van der Waals surface area (Å²) in [5.41, 5.74) is 14.8. The summed E-state index contributed by atoms with van der Waals surface area (Å²) in [6.45, 7) is 3.74. The third-order valence-electron chi connectivity index (χ3n) is 7.42. The fraction of sp³-hybridized carbons (Fsp3) is 0.357. The molecule has 12 heteroatoms. The molecule has 1 amide bonds. The summed E-state index contributed by atoms with van der Waals surface area (Å²) in [4.78, 5) is 26.0. The Bertz CT molecular complexity index is 1490. The minimum atomic E-state index is -4.59. The van der Waals surface area contributed by atoms with Gasteiger partial charge in [-0.25, -0.2) is 9.97 Å². The number of nitrogen functional groups attached to an aromatic ring is 1. The first-order chi connectivity index (χ1) is 19.1. The van der Waals surface area contributed by atoms with Crippen LogP contribution in [0.2, 0.25) is 0 Å². The number of aromatic nitrogens is 3. The Morgan fingerprint density at radius 2 is 2.02 bits per heavy atom. The van der Waals surface area contributed by atoms with E-state index in [-0.39, 0.29) is 33.1 Å². The Morgan fingerprint density at radius 3 is 2.73 bits per heavy atom. The fourth-order valence-electron chi connectivity index (χ4n) is 5.35. The number of piperidine rings is 1. The molecular formula is C28H28F3N7OS. The number of carbonyl (C=O) groups is 1. The number of alkyl halides is 3. The van der Waals surface area contributed by atoms with Crippen LogP contribution in [-0.4, -0.2) is 40.5 Å². The molecule has 0 unspecified atom stereocenters. The van der Waals surface area contributed by atoms with Gasteiger partial charge in [0.25, 0.3) is 5.91 Å². The van der Waals surface area contributed by atoms with Gasteiger partial charge < -0.3 is 21.7 Å². The molecule has 1 atom stereocenters. The highest BCUT2D eigenvalue weighted by Gasteiger charge is 2.46. The monoisotopic (exact) mass is 567 g/mol. The molecule has 8 nitrogen and oxygen atoms in total. The predicted molar refractivity (Wildman–Crippen MR) is 146 cm³/mol. The van der Waals surface area contributed by atoms with E-state index in [1.54, 1.807) is 6.20 Å². The summed E-state index contributed by atoms with van der Waals surface area (Å²) in [6.07, 6.45) is 0.568. The number of nitrogens with zero attached hydrogens (tertiary/aromatic N) is 4. The Labute approximate surface area is 234 Å². The van der Waals surface area contributed by atoms with Crippen LogP contribution in [0.4, 0.5) is 24.8 Å². The molecule has 5 rings (SSSR count). The Morgan fingerprint density at radius 1 is 1.25 bits per heavy atom. The van der Waals surface area contributed by atoms with Gasteiger partial charge in [0, 0.05) is 48.3 Å². The van der Waals surface area contributed by atoms with Gasteiger partial charge in [0.15, 0.2) is 11.5 Å². The third kappa shape index (κ3) is 5.57. The van der Waals surface area contributed by atoms with Crippen molar-refractivity contribution in [3.8, 4) is 11.8 Å². The number of hydrogen-bond acceptors (Lipinski definition) is 8. The van der Waals surface area contributed by atoms with Crippen molar-refractivity contribution in [2.45, 2.75) is 48.3 Å². The number of anilines is 2. The van der Waals surface area contributed by atoms with Gasteiger partial charge in [-0.1, -0.05) is 23.7 Å². The second-order valence-corrected chi connectivity index (χ2v) is 10.9. The van der Waals surface area contributed by atoms with E-state index < -0.39 is 11.9 Å². The maximum atomic E-state index is 13.3. The van der Waals surface area contributed by atoms with E-state index in [1.807, 2.05) is 25.1 Å². The largest absolute Gasteiger partial charge is 0.434 e. The van der Waals surface area contributed by atoms with Gasteiger partial charge in [0.1, 0.15) is 10.8 Å². The topological polar surface area (TPSA) is 123 Å². The molecule has 5 N–H and O–H groups in total. The van der Waals surface area contributed by atoms with E-state index in [0.29, 0.717) is 25.5 Å². The first-order valence-corrected chi connectivity index (χ1v) is 13.7. The van der Waals surface area contributed by atoms with Gasteiger partial charge in [0.2, 0.25) is 0 Å². The minimum absolute atomic E-state index is 0.0611. The van der Waals surface area contributed by atoms with E-state index in [1.165, 1.54) is 17.7 Å². The Balaban J connectivity index is 1.26. The van der Waals surface area contributed by atoms with Gasteiger partial charge in [0.05, 0.1) is 6.20 Å². The molecular weight excluding hydrogens is 539 g/mol. The lowest BCUT2D eigenvalue weighted by molar-refractivity contribution is -0.143. The number of amides is 1. The smallest absolute Gasteiger partial charge is 0.381 e. The van der Waals surface area contributed by atoms with Crippen molar-refractivity contribution in [1.82, 2.24) is 20.3 Å². The zero-order valence-electron chi connectivity index (χ0n) is 21.8. The fourth-order valence-corrected chi connectivity index (χ4v) is 6.22. The van der Waals surface area contributed by atoms with Gasteiger partial charge >= 0.3 is 6.18 Å². The molecule has 1 aliphatic heterocycles. The summed E-state index contributed by atoms with van der Waals surface area (Å²) < 4.78 is 40.0. The predicted octanol–water partition coefficient (Wildman–Crippen LogP) is 3.95. The molecule has 208 valence electrons. The van der Waals surface area contributed by atoms with Crippen molar-refractivity contribution in [3.63, 3.8) is 0 Å². The number of benzene rings is 1. The first-order valence-electron chi connectivity index (χ1n) is 12.9. The Kier molecular flexibility index (Phi) is 7.61. The van der Waals surface area contributed by atoms with Crippen molar-refractivity contribution in [2.24, 2.45) is 11.1 Å². The molecule has 2 aromatic heterocycles. The quantitative estimate of drug-likeness (QED) is 0.405.